The minimum absolute atomic E-state index is 0.122. The molecule has 0 aliphatic rings. The van der Waals surface area contributed by atoms with Crippen molar-refractivity contribution in [2.75, 3.05) is 5.33 Å². The van der Waals surface area contributed by atoms with Gasteiger partial charge in [0.2, 0.25) is 0 Å². The molecule has 0 aliphatic heterocycles. The van der Waals surface area contributed by atoms with Crippen LogP contribution in [-0.2, 0) is 0 Å². The van der Waals surface area contributed by atoms with Crippen LogP contribution in [0.1, 0.15) is 20.8 Å². The van der Waals surface area contributed by atoms with E-state index < -0.39 is 0 Å². The van der Waals surface area contributed by atoms with Crippen LogP contribution in [0.2, 0.25) is 0 Å². The molecule has 0 bridgehead atoms. The van der Waals surface area contributed by atoms with E-state index in [9.17, 15) is 0 Å². The van der Waals surface area contributed by atoms with Crippen molar-refractivity contribution in [2.45, 2.75) is 20.8 Å². The molecule has 0 unspecified atom stereocenters. The maximum absolute atomic E-state index is 3.28. The van der Waals surface area contributed by atoms with Crippen molar-refractivity contribution in [2.24, 2.45) is 5.41 Å². The number of allylic oxidation sites excluding steroid dienone is 2. The predicted molar refractivity (Wildman–Crippen MR) is 50.2 cm³/mol. The van der Waals surface area contributed by atoms with Gasteiger partial charge in [-0.2, -0.15) is 0 Å². The Bertz CT molecular complexity index is 161. The molecule has 0 fully saturated rings. The smallest absolute Gasteiger partial charge is 0.0233 e. The molecule has 0 aromatic heterocycles. The van der Waals surface area contributed by atoms with E-state index in [-0.39, 0.29) is 5.41 Å². The van der Waals surface area contributed by atoms with Crippen molar-refractivity contribution in [1.29, 1.82) is 0 Å². The molecule has 0 spiro atoms. The lowest BCUT2D eigenvalue weighted by Gasteiger charge is -2.05. The Kier molecular flexibility index (Phi) is 4.47. The van der Waals surface area contributed by atoms with Gasteiger partial charge in [-0.05, 0) is 26.8 Å². The molecular formula is C9H13Br. The highest BCUT2D eigenvalue weighted by atomic mass is 79.9. The van der Waals surface area contributed by atoms with Gasteiger partial charge in [0.1, 0.15) is 0 Å². The van der Waals surface area contributed by atoms with Crippen molar-refractivity contribution in [3.8, 4) is 11.8 Å². The molecule has 10 heavy (non-hydrogen) atoms. The molecule has 0 aromatic carbocycles. The third-order valence-corrected chi connectivity index (χ3v) is 1.11. The summed E-state index contributed by atoms with van der Waals surface area (Å²) in [6.07, 6.45) is 3.86. The molecule has 0 amide bonds. The lowest BCUT2D eigenvalue weighted by atomic mass is 9.98. The molecule has 0 aromatic rings. The number of halogens is 1. The van der Waals surface area contributed by atoms with Crippen LogP contribution in [0.5, 0.6) is 0 Å². The maximum atomic E-state index is 3.28. The monoisotopic (exact) mass is 200 g/mol. The third kappa shape index (κ3) is 7.78. The van der Waals surface area contributed by atoms with Crippen LogP contribution >= 0.6 is 15.9 Å². The SMILES string of the molecule is CC(C)(C)C#C/C=C\CBr. The van der Waals surface area contributed by atoms with Crippen molar-refractivity contribution in [3.05, 3.63) is 12.2 Å². The topological polar surface area (TPSA) is 0 Å². The maximum Gasteiger partial charge on any atom is 0.0233 e. The molecule has 1 heteroatoms. The molecule has 0 saturated heterocycles. The third-order valence-electron chi connectivity index (χ3n) is 0.737. The zero-order valence-corrected chi connectivity index (χ0v) is 8.33. The molecule has 0 rings (SSSR count). The fourth-order valence-corrected chi connectivity index (χ4v) is 0.549. The van der Waals surface area contributed by atoms with Crippen molar-refractivity contribution < 1.29 is 0 Å². The van der Waals surface area contributed by atoms with Crippen LogP contribution < -0.4 is 0 Å². The Hall–Kier alpha value is -0.220. The molecule has 0 atom stereocenters. The van der Waals surface area contributed by atoms with Crippen LogP contribution in [0, 0.1) is 17.3 Å². The summed E-state index contributed by atoms with van der Waals surface area (Å²) in [5, 5.41) is 0.881. The summed E-state index contributed by atoms with van der Waals surface area (Å²) in [5.41, 5.74) is 0.122. The Morgan fingerprint density at radius 1 is 1.40 bits per heavy atom. The van der Waals surface area contributed by atoms with Crippen molar-refractivity contribution in [1.82, 2.24) is 0 Å². The highest BCUT2D eigenvalue weighted by Crippen LogP contribution is 2.09. The van der Waals surface area contributed by atoms with E-state index >= 15 is 0 Å². The first-order valence-corrected chi connectivity index (χ1v) is 4.42. The second-order valence-electron chi connectivity index (χ2n) is 3.08. The second kappa shape index (κ2) is 4.57. The normalized spacial score (nSPS) is 11.2. The van der Waals surface area contributed by atoms with E-state index in [1.807, 2.05) is 12.2 Å². The fraction of sp³-hybridized carbons (Fsp3) is 0.556. The summed E-state index contributed by atoms with van der Waals surface area (Å²) < 4.78 is 0. The Balaban J connectivity index is 3.81. The summed E-state index contributed by atoms with van der Waals surface area (Å²) in [7, 11) is 0. The van der Waals surface area contributed by atoms with E-state index in [0.29, 0.717) is 0 Å². The highest BCUT2D eigenvalue weighted by molar-refractivity contribution is 9.09. The molecule has 0 heterocycles. The van der Waals surface area contributed by atoms with Gasteiger partial charge in [0.15, 0.2) is 0 Å². The Morgan fingerprint density at radius 3 is 2.40 bits per heavy atom. The zero-order valence-electron chi connectivity index (χ0n) is 6.74. The molecule has 0 N–H and O–H groups in total. The quantitative estimate of drug-likeness (QED) is 0.452. The van der Waals surface area contributed by atoms with Crippen LogP contribution in [0.15, 0.2) is 12.2 Å². The first kappa shape index (κ1) is 9.78. The van der Waals surface area contributed by atoms with Crippen LogP contribution in [0.3, 0.4) is 0 Å². The average Bonchev–Trinajstić information content (AvgIpc) is 1.78. The van der Waals surface area contributed by atoms with E-state index in [0.717, 1.165) is 5.33 Å². The summed E-state index contributed by atoms with van der Waals surface area (Å²) >= 11 is 3.28. The average molecular weight is 201 g/mol. The Labute approximate surface area is 71.8 Å². The van der Waals surface area contributed by atoms with Crippen molar-refractivity contribution in [3.63, 3.8) is 0 Å². The number of alkyl halides is 1. The summed E-state index contributed by atoms with van der Waals surface area (Å²) in [4.78, 5) is 0. The lowest BCUT2D eigenvalue weighted by molar-refractivity contribution is 0.571. The van der Waals surface area contributed by atoms with E-state index in [1.54, 1.807) is 0 Å². The number of hydrogen-bond acceptors (Lipinski definition) is 0. The molecule has 0 radical (unpaired) electrons. The summed E-state index contributed by atoms with van der Waals surface area (Å²) in [5.74, 6) is 6.06. The van der Waals surface area contributed by atoms with Crippen molar-refractivity contribution >= 4 is 15.9 Å². The molecule has 56 valence electrons. The van der Waals surface area contributed by atoms with Gasteiger partial charge in [0, 0.05) is 10.7 Å². The molecule has 0 nitrogen and oxygen atoms in total. The Morgan fingerprint density at radius 2 is 2.00 bits per heavy atom. The molecule has 0 saturated carbocycles. The highest BCUT2D eigenvalue weighted by Gasteiger charge is 2.01. The van der Waals surface area contributed by atoms with Gasteiger partial charge in [-0.1, -0.05) is 33.8 Å². The zero-order chi connectivity index (χ0) is 8.04. The summed E-state index contributed by atoms with van der Waals surface area (Å²) in [6.45, 7) is 6.30. The molecular weight excluding hydrogens is 188 g/mol. The first-order valence-electron chi connectivity index (χ1n) is 3.30. The number of rotatable bonds is 1. The molecule has 0 aliphatic carbocycles. The van der Waals surface area contributed by atoms with Gasteiger partial charge >= 0.3 is 0 Å². The summed E-state index contributed by atoms with van der Waals surface area (Å²) in [6, 6.07) is 0. The minimum Gasteiger partial charge on any atom is -0.0926 e. The lowest BCUT2D eigenvalue weighted by Crippen LogP contribution is -1.98. The second-order valence-corrected chi connectivity index (χ2v) is 3.72. The van der Waals surface area contributed by atoms with Gasteiger partial charge in [0.25, 0.3) is 0 Å². The van der Waals surface area contributed by atoms with E-state index in [1.165, 1.54) is 0 Å². The van der Waals surface area contributed by atoms with Gasteiger partial charge < -0.3 is 0 Å². The van der Waals surface area contributed by atoms with E-state index in [2.05, 4.69) is 48.5 Å². The van der Waals surface area contributed by atoms with Crippen LogP contribution in [0.4, 0.5) is 0 Å². The largest absolute Gasteiger partial charge is 0.0926 e. The fourth-order valence-electron chi connectivity index (χ4n) is 0.362. The van der Waals surface area contributed by atoms with Crippen LogP contribution in [0.25, 0.3) is 0 Å². The van der Waals surface area contributed by atoms with Crippen LogP contribution in [-0.4, -0.2) is 5.33 Å². The van der Waals surface area contributed by atoms with E-state index in [4.69, 9.17) is 0 Å². The standard InChI is InChI=1S/C9H13Br/c1-9(2,3)7-5-4-6-8-10/h4,6H,8H2,1-3H3/b6-4-. The number of hydrogen-bond donors (Lipinski definition) is 0. The van der Waals surface area contributed by atoms with Gasteiger partial charge in [-0.25, -0.2) is 0 Å². The van der Waals surface area contributed by atoms with Gasteiger partial charge in [-0.3, -0.25) is 0 Å². The van der Waals surface area contributed by atoms with Gasteiger partial charge in [-0.15, -0.1) is 0 Å². The predicted octanol–water partition coefficient (Wildman–Crippen LogP) is 2.99. The minimum atomic E-state index is 0.122. The van der Waals surface area contributed by atoms with Gasteiger partial charge in [0.05, 0.1) is 0 Å². The first-order chi connectivity index (χ1) is 4.56.